The van der Waals surface area contributed by atoms with E-state index >= 15 is 0 Å². The molecule has 0 heterocycles. The highest BCUT2D eigenvalue weighted by Gasteiger charge is 2.29. The van der Waals surface area contributed by atoms with Gasteiger partial charge in [0.2, 0.25) is 0 Å². The van der Waals surface area contributed by atoms with Crippen molar-refractivity contribution >= 4 is 44.1 Å². The first-order chi connectivity index (χ1) is 16.1. The van der Waals surface area contributed by atoms with Gasteiger partial charge in [-0.15, -0.1) is 0 Å². The molecule has 0 N–H and O–H groups in total. The molecule has 1 atom stereocenters. The third kappa shape index (κ3) is 4.62. The van der Waals surface area contributed by atoms with Crippen LogP contribution in [0.2, 0.25) is 39.3 Å². The molecule has 3 aromatic carbocycles. The molecular formula is C32H36Si2. The molecule has 0 radical (unpaired) electrons. The Morgan fingerprint density at radius 2 is 1.29 bits per heavy atom. The second-order valence-electron chi connectivity index (χ2n) is 12.1. The van der Waals surface area contributed by atoms with Crippen molar-refractivity contribution in [3.63, 3.8) is 0 Å². The molecule has 0 amide bonds. The van der Waals surface area contributed by atoms with Crippen molar-refractivity contribution in [3.05, 3.63) is 111 Å². The summed E-state index contributed by atoms with van der Waals surface area (Å²) in [4.78, 5) is 0. The maximum Gasteiger partial charge on any atom is 0.0687 e. The number of benzene rings is 3. The minimum absolute atomic E-state index is 0.400. The maximum absolute atomic E-state index is 2.53. The van der Waals surface area contributed by atoms with Gasteiger partial charge in [-0.1, -0.05) is 117 Å². The van der Waals surface area contributed by atoms with Crippen molar-refractivity contribution in [2.45, 2.75) is 45.7 Å². The molecule has 0 fully saturated rings. The van der Waals surface area contributed by atoms with Gasteiger partial charge in [0, 0.05) is 5.92 Å². The summed E-state index contributed by atoms with van der Waals surface area (Å²) in [6.07, 6.45) is 8.51. The lowest BCUT2D eigenvalue weighted by Crippen LogP contribution is -2.38. The van der Waals surface area contributed by atoms with Gasteiger partial charge >= 0.3 is 0 Å². The van der Waals surface area contributed by atoms with Gasteiger partial charge in [-0.25, -0.2) is 0 Å². The molecular weight excluding hydrogens is 441 g/mol. The molecule has 2 heteroatoms. The molecule has 1 unspecified atom stereocenters. The summed E-state index contributed by atoms with van der Waals surface area (Å²) >= 11 is 0. The van der Waals surface area contributed by atoms with E-state index in [-0.39, 0.29) is 0 Å². The van der Waals surface area contributed by atoms with Crippen molar-refractivity contribution < 1.29 is 0 Å². The smallest absolute Gasteiger partial charge is 0.0687 e. The van der Waals surface area contributed by atoms with Crippen LogP contribution in [0.5, 0.6) is 0 Å². The summed E-state index contributed by atoms with van der Waals surface area (Å²) in [6.45, 7) is 14.5. The normalized spacial score (nSPS) is 18.3. The van der Waals surface area contributed by atoms with Crippen LogP contribution < -0.4 is 10.4 Å². The molecule has 0 aliphatic heterocycles. The Hall–Kier alpha value is -2.69. The summed E-state index contributed by atoms with van der Waals surface area (Å²) < 4.78 is 0. The Bertz CT molecular complexity index is 1480. The standard InChI is InChI=1S/C32H36Si2/c1-33(2,3)17-15-27-29-19-23-11-7-9-13-25(23)21-31(29)28(16-18-34(4,5)6)32-22-26-14-10-8-12-24(26)20-30(27)32/h7-21,32H,22H2,1-6H3/b17-15+,18-16+. The zero-order valence-corrected chi connectivity index (χ0v) is 23.4. The first-order valence-corrected chi connectivity index (χ1v) is 19.7. The lowest BCUT2D eigenvalue weighted by atomic mass is 9.72. The van der Waals surface area contributed by atoms with Gasteiger partial charge in [0.15, 0.2) is 0 Å². The van der Waals surface area contributed by atoms with Gasteiger partial charge in [0.05, 0.1) is 16.1 Å². The third-order valence-electron chi connectivity index (χ3n) is 6.85. The molecule has 5 rings (SSSR count). The summed E-state index contributed by atoms with van der Waals surface area (Å²) in [5, 5.41) is 5.47. The van der Waals surface area contributed by atoms with Gasteiger partial charge in [0.1, 0.15) is 0 Å². The Morgan fingerprint density at radius 3 is 1.97 bits per heavy atom. The van der Waals surface area contributed by atoms with E-state index < -0.39 is 16.1 Å². The predicted octanol–water partition coefficient (Wildman–Crippen LogP) is 7.28. The summed E-state index contributed by atoms with van der Waals surface area (Å²) in [6, 6.07) is 22.7. The Morgan fingerprint density at radius 1 is 0.706 bits per heavy atom. The molecule has 0 spiro atoms. The Balaban J connectivity index is 1.92. The zero-order valence-electron chi connectivity index (χ0n) is 21.4. The lowest BCUT2D eigenvalue weighted by Gasteiger charge is -2.32. The number of hydrogen-bond donors (Lipinski definition) is 0. The van der Waals surface area contributed by atoms with Gasteiger partial charge < -0.3 is 0 Å². The molecule has 0 nitrogen and oxygen atoms in total. The van der Waals surface area contributed by atoms with Crippen LogP contribution in [0, 0.1) is 5.92 Å². The molecule has 0 bridgehead atoms. The van der Waals surface area contributed by atoms with E-state index in [1.807, 2.05) is 0 Å². The quantitative estimate of drug-likeness (QED) is 0.347. The topological polar surface area (TPSA) is 0 Å². The van der Waals surface area contributed by atoms with Crippen molar-refractivity contribution in [1.29, 1.82) is 0 Å². The molecule has 2 aliphatic carbocycles. The average molecular weight is 477 g/mol. The highest BCUT2D eigenvalue weighted by atomic mass is 28.3. The number of allylic oxidation sites excluding steroid dienone is 3. The predicted molar refractivity (Wildman–Crippen MR) is 157 cm³/mol. The fraction of sp³-hybridized carbons (Fsp3) is 0.250. The van der Waals surface area contributed by atoms with E-state index in [2.05, 4.69) is 130 Å². The summed E-state index contributed by atoms with van der Waals surface area (Å²) in [7, 11) is -2.68. The zero-order chi connectivity index (χ0) is 24.1. The molecule has 0 saturated carbocycles. The molecule has 3 aromatic rings. The van der Waals surface area contributed by atoms with Crippen LogP contribution in [0.3, 0.4) is 0 Å². The second-order valence-corrected chi connectivity index (χ2v) is 22.2. The first-order valence-electron chi connectivity index (χ1n) is 12.5. The molecule has 0 aromatic heterocycles. The van der Waals surface area contributed by atoms with Crippen LogP contribution in [0.4, 0.5) is 0 Å². The van der Waals surface area contributed by atoms with Crippen LogP contribution in [-0.4, -0.2) is 16.1 Å². The van der Waals surface area contributed by atoms with Crippen molar-refractivity contribution in [1.82, 2.24) is 0 Å². The van der Waals surface area contributed by atoms with E-state index in [4.69, 9.17) is 0 Å². The van der Waals surface area contributed by atoms with Crippen LogP contribution in [-0.2, 0) is 6.42 Å². The van der Waals surface area contributed by atoms with Gasteiger partial charge in [0.25, 0.3) is 0 Å². The number of rotatable bonds is 4. The fourth-order valence-corrected chi connectivity index (χ4v) is 6.46. The van der Waals surface area contributed by atoms with E-state index in [1.165, 1.54) is 49.1 Å². The molecule has 34 heavy (non-hydrogen) atoms. The summed E-state index contributed by atoms with van der Waals surface area (Å²) in [5.41, 5.74) is 12.3. The average Bonchev–Trinajstić information content (AvgIpc) is 2.77. The second kappa shape index (κ2) is 8.51. The largest absolute Gasteiger partial charge is 0.0947 e. The fourth-order valence-electron chi connectivity index (χ4n) is 5.11. The van der Waals surface area contributed by atoms with Crippen molar-refractivity contribution in [2.75, 3.05) is 0 Å². The highest BCUT2D eigenvalue weighted by Crippen LogP contribution is 2.40. The van der Waals surface area contributed by atoms with Crippen molar-refractivity contribution in [3.8, 4) is 0 Å². The van der Waals surface area contributed by atoms with E-state index in [0.29, 0.717) is 5.92 Å². The lowest BCUT2D eigenvalue weighted by molar-refractivity contribution is 0.781. The first kappa shape index (κ1) is 23.1. The van der Waals surface area contributed by atoms with Crippen LogP contribution in [0.1, 0.15) is 11.1 Å². The Labute approximate surface area is 206 Å². The number of hydrogen-bond acceptors (Lipinski definition) is 0. The van der Waals surface area contributed by atoms with Gasteiger partial charge in [-0.2, -0.15) is 0 Å². The van der Waals surface area contributed by atoms with Crippen LogP contribution in [0.15, 0.2) is 89.8 Å². The SMILES string of the molecule is C[Si](C)(C)/C=C/C1=c2cc3ccccc3cc2=C(/C=C/[Si](C)(C)C)C2Cc3ccccc3C=C12. The highest BCUT2D eigenvalue weighted by molar-refractivity contribution is 6.81. The minimum atomic E-state index is -1.35. The monoisotopic (exact) mass is 476 g/mol. The Kier molecular flexibility index (Phi) is 5.78. The molecule has 0 saturated heterocycles. The van der Waals surface area contributed by atoms with E-state index in [0.717, 1.165) is 6.42 Å². The summed E-state index contributed by atoms with van der Waals surface area (Å²) in [5.74, 6) is 0.400. The molecule has 2 aliphatic rings. The maximum atomic E-state index is 2.53. The minimum Gasteiger partial charge on any atom is -0.0947 e. The van der Waals surface area contributed by atoms with Gasteiger partial charge in [-0.3, -0.25) is 0 Å². The third-order valence-corrected chi connectivity index (χ3v) is 9.19. The van der Waals surface area contributed by atoms with Crippen LogP contribution >= 0.6 is 0 Å². The van der Waals surface area contributed by atoms with Crippen LogP contribution in [0.25, 0.3) is 28.0 Å². The molecule has 172 valence electrons. The van der Waals surface area contributed by atoms with Crippen molar-refractivity contribution in [2.24, 2.45) is 5.92 Å². The van der Waals surface area contributed by atoms with E-state index in [1.54, 1.807) is 0 Å². The van der Waals surface area contributed by atoms with E-state index in [9.17, 15) is 0 Å². The number of fused-ring (bicyclic) bond motifs is 4. The van der Waals surface area contributed by atoms with Gasteiger partial charge in [-0.05, 0) is 67.6 Å².